The van der Waals surface area contributed by atoms with E-state index in [0.717, 1.165) is 57.1 Å². The molecule has 0 saturated heterocycles. The van der Waals surface area contributed by atoms with Crippen LogP contribution in [-0.4, -0.2) is 111 Å². The first kappa shape index (κ1) is 102. The summed E-state index contributed by atoms with van der Waals surface area (Å²) in [5.41, 5.74) is 14.3. The molecule has 0 saturated carbocycles. The van der Waals surface area contributed by atoms with Crippen molar-refractivity contribution in [3.05, 3.63) is 219 Å². The third-order valence-electron chi connectivity index (χ3n) is 9.09. The van der Waals surface area contributed by atoms with E-state index >= 15 is 0 Å². The van der Waals surface area contributed by atoms with Crippen LogP contribution in [0.3, 0.4) is 0 Å². The number of nitrogens with zero attached hydrogens (tertiary/aromatic N) is 19. The number of pyridine rings is 3. The first-order chi connectivity index (χ1) is 45.9. The van der Waals surface area contributed by atoms with Crippen LogP contribution in [0.5, 0.6) is 0 Å². The molecule has 532 valence electrons. The lowest BCUT2D eigenvalue weighted by molar-refractivity contribution is 0.525. The van der Waals surface area contributed by atoms with Gasteiger partial charge in [-0.05, 0) is 138 Å². The van der Waals surface area contributed by atoms with Crippen molar-refractivity contribution in [3.8, 4) is 0 Å². The van der Waals surface area contributed by atoms with Gasteiger partial charge in [0.2, 0.25) is 0 Å². The Bertz CT molecular complexity index is 2640. The van der Waals surface area contributed by atoms with Crippen LogP contribution in [-0.2, 0) is 14.1 Å². The van der Waals surface area contributed by atoms with Crippen molar-refractivity contribution in [3.63, 3.8) is 0 Å². The first-order valence-corrected chi connectivity index (χ1v) is 33.8. The number of oxazole rings is 2. The molecule has 0 bridgehead atoms. The van der Waals surface area contributed by atoms with Gasteiger partial charge in [0.15, 0.2) is 12.8 Å². The molecule has 26 heteroatoms. The number of hydrogen-bond donors (Lipinski definition) is 3. The van der Waals surface area contributed by atoms with Crippen LogP contribution < -0.4 is 0 Å². The molecule has 12 heterocycles. The van der Waals surface area contributed by atoms with Gasteiger partial charge in [-0.3, -0.25) is 19.6 Å². The minimum atomic E-state index is 0.903. The molecular weight excluding hydrogens is 1230 g/mol. The van der Waals surface area contributed by atoms with Crippen LogP contribution in [0, 0.1) is 96.9 Å². The Kier molecular flexibility index (Phi) is 86.9. The SMILES string of the molecule is CC.CC.CC.CC.CC.CC.CC.CC.Cc1ccccn1.Cc1cccnc1.Cc1ccncc1.Cc1cn[nH]n1.Cc1cn[nH]n1.Cc1cn[nH]n1.Cc1ncoc1C.Cc1ncoc1C.Cc1ncsc1C.Cc1ncsc1C.Cn1ccnn1.Cn1nccn1. The highest BCUT2D eigenvalue weighted by molar-refractivity contribution is 7.09. The highest BCUT2D eigenvalue weighted by Gasteiger charge is 1.92. The van der Waals surface area contributed by atoms with Gasteiger partial charge in [-0.1, -0.05) is 128 Å². The second kappa shape index (κ2) is 80.9. The summed E-state index contributed by atoms with van der Waals surface area (Å²) in [5.74, 6) is 1.81. The van der Waals surface area contributed by atoms with Gasteiger partial charge in [-0.15, -0.1) is 27.8 Å². The summed E-state index contributed by atoms with van der Waals surface area (Å²) < 4.78 is 11.3. The van der Waals surface area contributed by atoms with Crippen molar-refractivity contribution in [2.45, 2.75) is 208 Å². The zero-order chi connectivity index (χ0) is 74.5. The zero-order valence-corrected chi connectivity index (χ0v) is 65.5. The average molecular weight is 1360 g/mol. The number of aromatic amines is 3. The monoisotopic (exact) mass is 1350 g/mol. The van der Waals surface area contributed by atoms with Gasteiger partial charge < -0.3 is 8.83 Å². The highest BCUT2D eigenvalue weighted by Crippen LogP contribution is 2.09. The number of H-pyrrole nitrogens is 3. The van der Waals surface area contributed by atoms with E-state index in [1.165, 1.54) is 38.5 Å². The summed E-state index contributed by atoms with van der Waals surface area (Å²) in [4.78, 5) is 31.6. The van der Waals surface area contributed by atoms with Gasteiger partial charge >= 0.3 is 0 Å². The van der Waals surface area contributed by atoms with E-state index in [9.17, 15) is 0 Å². The Morgan fingerprint density at radius 3 is 0.895 bits per heavy atom. The number of aromatic nitrogens is 22. The van der Waals surface area contributed by atoms with Crippen molar-refractivity contribution >= 4 is 22.7 Å². The Labute approximate surface area is 580 Å². The zero-order valence-electron chi connectivity index (χ0n) is 63.9. The highest BCUT2D eigenvalue weighted by atomic mass is 32.1. The van der Waals surface area contributed by atoms with Gasteiger partial charge in [0.1, 0.15) is 11.5 Å². The van der Waals surface area contributed by atoms with Gasteiger partial charge in [0.25, 0.3) is 0 Å². The van der Waals surface area contributed by atoms with E-state index in [-0.39, 0.29) is 0 Å². The first-order valence-electron chi connectivity index (χ1n) is 32.0. The molecule has 12 rings (SSSR count). The molecular formula is C69H122N22O2S2. The average Bonchev–Trinajstić information content (AvgIpc) is 4.68. The van der Waals surface area contributed by atoms with Crippen LogP contribution in [0.2, 0.25) is 0 Å². The largest absolute Gasteiger partial charge is 0.449 e. The lowest BCUT2D eigenvalue weighted by Crippen LogP contribution is -1.89. The number of nitrogens with one attached hydrogen (secondary N) is 3. The molecule has 24 nitrogen and oxygen atoms in total. The van der Waals surface area contributed by atoms with E-state index in [2.05, 4.69) is 115 Å². The van der Waals surface area contributed by atoms with Gasteiger partial charge in [0, 0.05) is 66.7 Å². The standard InChI is InChI=1S/3C6H7N.2C5H7NO.2C5H7NS.5C3H5N3.8C2H6/c1-6-2-4-7-5-3-6;1-6-3-2-4-7-5-6;1-6-4-2-3-5-7-6;4*1-4-5(2)7-3-6-4;1-6-3-2-4-5-6;1-6-4-2-3-5-6;3*1-3-2-4-6-5-3;8*1-2/h3*2-5H,1H3;4*3H,1-2H3;2*2-3H,1H3;3*2H,1H3,(H,4,5,6);8*1-2H3. The molecule has 3 N–H and O–H groups in total. The minimum Gasteiger partial charge on any atom is -0.449 e. The van der Waals surface area contributed by atoms with Crippen molar-refractivity contribution < 1.29 is 8.83 Å². The Morgan fingerprint density at radius 2 is 0.779 bits per heavy atom. The summed E-state index contributed by atoms with van der Waals surface area (Å²) in [6.07, 6.45) is 23.6. The quantitative estimate of drug-likeness (QED) is 0.127. The molecule has 0 amide bonds. The number of rotatable bonds is 0. The molecule has 0 aliphatic heterocycles. The maximum Gasteiger partial charge on any atom is 0.181 e. The topological polar surface area (TPSA) is 303 Å². The summed E-state index contributed by atoms with van der Waals surface area (Å²) in [6, 6.07) is 13.7. The van der Waals surface area contributed by atoms with Crippen LogP contribution in [0.15, 0.2) is 149 Å². The normalized spacial score (nSPS) is 8.00. The minimum absolute atomic E-state index is 0.903. The molecule has 0 unspecified atom stereocenters. The Morgan fingerprint density at radius 1 is 0.368 bits per heavy atom. The molecule has 0 fully saturated rings. The molecule has 12 aromatic rings. The lowest BCUT2D eigenvalue weighted by atomic mass is 10.3. The van der Waals surface area contributed by atoms with Crippen LogP contribution >= 0.6 is 22.7 Å². The van der Waals surface area contributed by atoms with E-state index in [1.807, 2.05) is 261 Å². The summed E-state index contributed by atoms with van der Waals surface area (Å²) >= 11 is 3.39. The molecule has 0 radical (unpaired) electrons. The van der Waals surface area contributed by atoms with E-state index in [0.29, 0.717) is 0 Å². The fraction of sp³-hybridized carbons (Fsp3) is 0.464. The van der Waals surface area contributed by atoms with Crippen molar-refractivity contribution in [1.82, 2.24) is 111 Å². The molecule has 12 aromatic heterocycles. The van der Waals surface area contributed by atoms with E-state index in [4.69, 9.17) is 8.83 Å². The molecule has 0 aliphatic rings. The third kappa shape index (κ3) is 72.1. The fourth-order valence-electron chi connectivity index (χ4n) is 4.09. The summed E-state index contributed by atoms with van der Waals surface area (Å²) in [7, 11) is 3.60. The smallest absolute Gasteiger partial charge is 0.181 e. The molecule has 0 aliphatic carbocycles. The molecule has 95 heavy (non-hydrogen) atoms. The predicted molar refractivity (Wildman–Crippen MR) is 398 cm³/mol. The van der Waals surface area contributed by atoms with Crippen LogP contribution in [0.4, 0.5) is 0 Å². The van der Waals surface area contributed by atoms with Gasteiger partial charge in [-0.2, -0.15) is 61.2 Å². The number of thiazole rings is 2. The maximum atomic E-state index is 4.85. The van der Waals surface area contributed by atoms with E-state index in [1.54, 1.807) is 103 Å². The maximum absolute atomic E-state index is 4.85. The second-order valence-electron chi connectivity index (χ2n) is 15.9. The summed E-state index contributed by atoms with van der Waals surface area (Å²) in [6.45, 7) is 59.5. The Hall–Kier alpha value is -9.17. The summed E-state index contributed by atoms with van der Waals surface area (Å²) in [5, 5.41) is 43.6. The molecule has 0 atom stereocenters. The number of hydrogen-bond acceptors (Lipinski definition) is 21. The van der Waals surface area contributed by atoms with Crippen LogP contribution in [0.25, 0.3) is 0 Å². The van der Waals surface area contributed by atoms with Crippen molar-refractivity contribution in [1.29, 1.82) is 0 Å². The van der Waals surface area contributed by atoms with Crippen LogP contribution in [0.1, 0.15) is 189 Å². The molecule has 0 spiro atoms. The van der Waals surface area contributed by atoms with Crippen molar-refractivity contribution in [2.75, 3.05) is 0 Å². The third-order valence-corrected chi connectivity index (χ3v) is 10.8. The Balaban J connectivity index is -0.000000142. The lowest BCUT2D eigenvalue weighted by Gasteiger charge is -1.82. The predicted octanol–water partition coefficient (Wildman–Crippen LogP) is 18.5. The fourth-order valence-corrected chi connectivity index (χ4v) is 5.28. The second-order valence-corrected chi connectivity index (χ2v) is 18.0. The van der Waals surface area contributed by atoms with E-state index < -0.39 is 0 Å². The molecule has 0 aromatic carbocycles. The number of aryl methyl sites for hydroxylation is 16. The van der Waals surface area contributed by atoms with Gasteiger partial charge in [0.05, 0.1) is 88.1 Å². The van der Waals surface area contributed by atoms with Gasteiger partial charge in [-0.25, -0.2) is 19.9 Å². The van der Waals surface area contributed by atoms with Crippen molar-refractivity contribution in [2.24, 2.45) is 14.1 Å².